The average molecular weight is 264 g/mol. The van der Waals surface area contributed by atoms with Crippen molar-refractivity contribution in [1.82, 2.24) is 0 Å². The second-order valence-corrected chi connectivity index (χ2v) is 4.17. The maximum absolute atomic E-state index is 13.7. The maximum Gasteiger partial charge on any atom is 0.107 e. The monoisotopic (exact) mass is 264 g/mol. The third kappa shape index (κ3) is 5.59. The molecule has 0 nitrogen and oxygen atoms in total. The Labute approximate surface area is 118 Å². The average Bonchev–Trinajstić information content (AvgIpc) is 2.78. The Balaban J connectivity index is 0.000000741. The van der Waals surface area contributed by atoms with Gasteiger partial charge in [0.15, 0.2) is 0 Å². The number of fused-ring (bicyclic) bond motifs is 1. The van der Waals surface area contributed by atoms with Gasteiger partial charge in [0.1, 0.15) is 5.83 Å². The van der Waals surface area contributed by atoms with E-state index >= 15 is 0 Å². The molecule has 1 atom stereocenters. The van der Waals surface area contributed by atoms with Crippen molar-refractivity contribution in [3.8, 4) is 0 Å². The van der Waals surface area contributed by atoms with Crippen LogP contribution in [-0.4, -0.2) is 0 Å². The number of hydrogen-bond donors (Lipinski definition) is 0. The normalized spacial score (nSPS) is 20.9. The molecule has 1 unspecified atom stereocenters. The molecule has 0 saturated heterocycles. The number of allylic oxidation sites excluding steroid dienone is 8. The molecule has 0 aromatic rings. The molecular weight excluding hydrogens is 235 g/mol. The molecule has 2 aliphatic rings. The van der Waals surface area contributed by atoms with E-state index in [2.05, 4.69) is 19.1 Å². The lowest BCUT2D eigenvalue weighted by atomic mass is 9.92. The lowest BCUT2D eigenvalue weighted by Crippen LogP contribution is -2.03. The summed E-state index contributed by atoms with van der Waals surface area (Å²) in [6, 6.07) is 0. The second kappa shape index (κ2) is 10.8. The number of hydrogen-bond acceptors (Lipinski definition) is 0. The van der Waals surface area contributed by atoms with Crippen LogP contribution in [0.5, 0.6) is 0 Å². The molecule has 108 valence electrons. The van der Waals surface area contributed by atoms with E-state index < -0.39 is 0 Å². The van der Waals surface area contributed by atoms with E-state index in [-0.39, 0.29) is 11.7 Å². The first kappa shape index (κ1) is 17.9. The van der Waals surface area contributed by atoms with Crippen LogP contribution in [-0.2, 0) is 0 Å². The summed E-state index contributed by atoms with van der Waals surface area (Å²) >= 11 is 0. The third-order valence-electron chi connectivity index (χ3n) is 3.17. The van der Waals surface area contributed by atoms with Gasteiger partial charge >= 0.3 is 0 Å². The fourth-order valence-corrected chi connectivity index (χ4v) is 2.26. The molecule has 0 amide bonds. The summed E-state index contributed by atoms with van der Waals surface area (Å²) in [5.74, 6) is 0.0565. The summed E-state index contributed by atoms with van der Waals surface area (Å²) in [7, 11) is 0. The van der Waals surface area contributed by atoms with Gasteiger partial charge in [0, 0.05) is 5.92 Å². The van der Waals surface area contributed by atoms with Gasteiger partial charge in [-0.15, -0.1) is 0 Å². The molecule has 0 bridgehead atoms. The van der Waals surface area contributed by atoms with Crippen LogP contribution in [0.15, 0.2) is 47.4 Å². The van der Waals surface area contributed by atoms with Crippen molar-refractivity contribution in [1.29, 1.82) is 0 Å². The second-order valence-electron chi connectivity index (χ2n) is 4.17. The van der Waals surface area contributed by atoms with Crippen molar-refractivity contribution < 1.29 is 4.39 Å². The SMILES string of the molecule is CC.CC.CCC1=CCCC2C(F)=CC=CCC2=C1. The van der Waals surface area contributed by atoms with Gasteiger partial charge in [0.25, 0.3) is 0 Å². The highest BCUT2D eigenvalue weighted by Gasteiger charge is 2.21. The first-order chi connectivity index (χ1) is 9.31. The predicted molar refractivity (Wildman–Crippen MR) is 84.8 cm³/mol. The molecule has 0 radical (unpaired) electrons. The van der Waals surface area contributed by atoms with E-state index in [0.717, 1.165) is 25.7 Å². The lowest BCUT2D eigenvalue weighted by molar-refractivity contribution is 0.487. The fraction of sp³-hybridized carbons (Fsp3) is 0.556. The number of halogens is 1. The van der Waals surface area contributed by atoms with Crippen LogP contribution in [0.1, 0.15) is 60.3 Å². The van der Waals surface area contributed by atoms with E-state index in [1.807, 2.05) is 39.8 Å². The van der Waals surface area contributed by atoms with Crippen molar-refractivity contribution in [2.75, 3.05) is 0 Å². The molecule has 0 N–H and O–H groups in total. The van der Waals surface area contributed by atoms with Gasteiger partial charge in [0.2, 0.25) is 0 Å². The summed E-state index contributed by atoms with van der Waals surface area (Å²) < 4.78 is 13.7. The molecule has 19 heavy (non-hydrogen) atoms. The third-order valence-corrected chi connectivity index (χ3v) is 3.17. The summed E-state index contributed by atoms with van der Waals surface area (Å²) in [5.41, 5.74) is 2.60. The van der Waals surface area contributed by atoms with Crippen LogP contribution >= 0.6 is 0 Å². The maximum atomic E-state index is 13.7. The van der Waals surface area contributed by atoms with Crippen LogP contribution in [0.2, 0.25) is 0 Å². The van der Waals surface area contributed by atoms with Gasteiger partial charge in [-0.25, -0.2) is 4.39 Å². The first-order valence-electron chi connectivity index (χ1n) is 7.73. The van der Waals surface area contributed by atoms with Crippen LogP contribution in [0, 0.1) is 5.92 Å². The highest BCUT2D eigenvalue weighted by molar-refractivity contribution is 5.34. The Bertz CT molecular complexity index is 356. The first-order valence-corrected chi connectivity index (χ1v) is 7.73. The zero-order valence-electron chi connectivity index (χ0n) is 13.2. The van der Waals surface area contributed by atoms with Gasteiger partial charge in [-0.1, -0.05) is 70.1 Å². The number of rotatable bonds is 1. The minimum absolute atomic E-state index is 0.0281. The molecule has 0 fully saturated rings. The lowest BCUT2D eigenvalue weighted by Gasteiger charge is -2.14. The topological polar surface area (TPSA) is 0 Å². The zero-order valence-corrected chi connectivity index (χ0v) is 13.2. The summed E-state index contributed by atoms with van der Waals surface area (Å²) in [4.78, 5) is 0. The smallest absolute Gasteiger partial charge is 0.107 e. The van der Waals surface area contributed by atoms with E-state index in [1.165, 1.54) is 11.1 Å². The Morgan fingerprint density at radius 3 is 2.53 bits per heavy atom. The van der Waals surface area contributed by atoms with Crippen LogP contribution in [0.3, 0.4) is 0 Å². The summed E-state index contributed by atoms with van der Waals surface area (Å²) in [6.07, 6.45) is 13.8. The van der Waals surface area contributed by atoms with Gasteiger partial charge < -0.3 is 0 Å². The largest absolute Gasteiger partial charge is 0.211 e. The Morgan fingerprint density at radius 1 is 1.21 bits per heavy atom. The molecule has 0 heterocycles. The van der Waals surface area contributed by atoms with Gasteiger partial charge in [-0.3, -0.25) is 0 Å². The van der Waals surface area contributed by atoms with Crippen molar-refractivity contribution >= 4 is 0 Å². The summed E-state index contributed by atoms with van der Waals surface area (Å²) in [6.45, 7) is 10.2. The van der Waals surface area contributed by atoms with Crippen molar-refractivity contribution in [3.63, 3.8) is 0 Å². The Kier molecular flexibility index (Phi) is 10.1. The van der Waals surface area contributed by atoms with E-state index in [1.54, 1.807) is 6.08 Å². The van der Waals surface area contributed by atoms with Crippen molar-refractivity contribution in [2.45, 2.75) is 60.3 Å². The van der Waals surface area contributed by atoms with Gasteiger partial charge in [-0.2, -0.15) is 0 Å². The molecule has 0 saturated carbocycles. The highest BCUT2D eigenvalue weighted by atomic mass is 19.1. The fourth-order valence-electron chi connectivity index (χ4n) is 2.26. The molecular formula is C18H29F. The molecule has 0 aliphatic heterocycles. The summed E-state index contributed by atoms with van der Waals surface area (Å²) in [5, 5.41) is 0. The van der Waals surface area contributed by atoms with Crippen LogP contribution < -0.4 is 0 Å². The van der Waals surface area contributed by atoms with E-state index in [0.29, 0.717) is 0 Å². The Morgan fingerprint density at radius 2 is 1.89 bits per heavy atom. The Hall–Kier alpha value is -1.11. The van der Waals surface area contributed by atoms with E-state index in [9.17, 15) is 4.39 Å². The molecule has 0 aromatic heterocycles. The predicted octanol–water partition coefficient (Wildman–Crippen LogP) is 6.52. The quantitative estimate of drug-likeness (QED) is 0.505. The molecule has 1 heteroatoms. The molecule has 2 rings (SSSR count). The zero-order chi connectivity index (χ0) is 14.7. The van der Waals surface area contributed by atoms with Crippen molar-refractivity contribution in [2.24, 2.45) is 5.92 Å². The molecule has 0 spiro atoms. The minimum atomic E-state index is 0.0281. The highest BCUT2D eigenvalue weighted by Crippen LogP contribution is 2.34. The van der Waals surface area contributed by atoms with E-state index in [4.69, 9.17) is 0 Å². The standard InChI is InChI=1S/C14H17F.2C2H6/c1-2-11-6-5-8-13-12(10-11)7-3-4-9-14(13)15;2*1-2/h3-4,6,9-10,13H,2,5,7-8H2,1H3;2*1-2H3. The minimum Gasteiger partial charge on any atom is -0.211 e. The molecule has 2 aliphatic carbocycles. The van der Waals surface area contributed by atoms with Crippen LogP contribution in [0.25, 0.3) is 0 Å². The van der Waals surface area contributed by atoms with Gasteiger partial charge in [-0.05, 0) is 31.8 Å². The van der Waals surface area contributed by atoms with Gasteiger partial charge in [0.05, 0.1) is 0 Å². The molecule has 0 aromatic carbocycles. The van der Waals surface area contributed by atoms with Crippen molar-refractivity contribution in [3.05, 3.63) is 47.4 Å². The van der Waals surface area contributed by atoms with Crippen LogP contribution in [0.4, 0.5) is 4.39 Å².